The molecule has 2 heterocycles. The Morgan fingerprint density at radius 3 is 2.56 bits per heavy atom. The van der Waals surface area contributed by atoms with Crippen LogP contribution in [0.2, 0.25) is 0 Å². The standard InChI is InChI=1S/C27H24F3N5O/c1-17(2)33-23-15-25-19(14-22(23)34-26-16-31-11-12-32-26)13-18-5-3-4-6-24(18)35(25)20-7-9-21(10-8-20)36-27(28,29)30/h3-12,14-17,19H,13H2,1-2H3,(H,32,34). The van der Waals surface area contributed by atoms with Gasteiger partial charge in [-0.3, -0.25) is 9.98 Å². The van der Waals surface area contributed by atoms with Gasteiger partial charge in [0, 0.05) is 41.4 Å². The molecule has 0 bridgehead atoms. The molecule has 3 aromatic rings. The van der Waals surface area contributed by atoms with E-state index in [9.17, 15) is 13.2 Å². The molecule has 1 aliphatic heterocycles. The lowest BCUT2D eigenvalue weighted by Gasteiger charge is -2.40. The topological polar surface area (TPSA) is 62.6 Å². The molecule has 1 aliphatic carbocycles. The number of hydrogen-bond donors (Lipinski definition) is 1. The van der Waals surface area contributed by atoms with E-state index in [0.29, 0.717) is 5.82 Å². The van der Waals surface area contributed by atoms with Gasteiger partial charge < -0.3 is 15.0 Å². The average Bonchev–Trinajstić information content (AvgIpc) is 2.83. The third-order valence-corrected chi connectivity index (χ3v) is 5.79. The van der Waals surface area contributed by atoms with Crippen LogP contribution in [-0.2, 0) is 6.42 Å². The van der Waals surface area contributed by atoms with Crippen molar-refractivity contribution in [1.82, 2.24) is 9.97 Å². The maximum Gasteiger partial charge on any atom is 0.573 e. The number of alkyl halides is 3. The highest BCUT2D eigenvalue weighted by Crippen LogP contribution is 2.44. The Kier molecular flexibility index (Phi) is 6.22. The van der Waals surface area contributed by atoms with Crippen molar-refractivity contribution in [3.8, 4) is 5.75 Å². The van der Waals surface area contributed by atoms with Crippen LogP contribution >= 0.6 is 0 Å². The third kappa shape index (κ3) is 5.10. The van der Waals surface area contributed by atoms with Gasteiger partial charge in [0.15, 0.2) is 0 Å². The Labute approximate surface area is 206 Å². The van der Waals surface area contributed by atoms with E-state index in [0.717, 1.165) is 40.5 Å². The van der Waals surface area contributed by atoms with E-state index in [1.165, 1.54) is 12.1 Å². The number of benzene rings is 2. The second kappa shape index (κ2) is 9.49. The fraction of sp³-hybridized carbons (Fsp3) is 0.222. The molecule has 0 radical (unpaired) electrons. The first-order valence-electron chi connectivity index (χ1n) is 11.6. The Morgan fingerprint density at radius 1 is 1.08 bits per heavy atom. The molecule has 36 heavy (non-hydrogen) atoms. The zero-order valence-corrected chi connectivity index (χ0v) is 19.7. The number of hydrogen-bond acceptors (Lipinski definition) is 6. The zero-order chi connectivity index (χ0) is 25.3. The number of anilines is 3. The van der Waals surface area contributed by atoms with Crippen LogP contribution in [0.1, 0.15) is 19.4 Å². The van der Waals surface area contributed by atoms with Gasteiger partial charge in [-0.1, -0.05) is 18.2 Å². The first-order chi connectivity index (χ1) is 17.3. The summed E-state index contributed by atoms with van der Waals surface area (Å²) in [5, 5.41) is 3.35. The molecule has 1 unspecified atom stereocenters. The fourth-order valence-corrected chi connectivity index (χ4v) is 4.45. The number of rotatable bonds is 5. The number of allylic oxidation sites excluding steroid dienone is 2. The minimum atomic E-state index is -4.74. The van der Waals surface area contributed by atoms with Crippen LogP contribution in [0.25, 0.3) is 0 Å². The molecular formula is C27H24F3N5O. The van der Waals surface area contributed by atoms with Crippen molar-refractivity contribution in [1.29, 1.82) is 0 Å². The minimum absolute atomic E-state index is 0.0104. The van der Waals surface area contributed by atoms with Crippen molar-refractivity contribution in [2.75, 3.05) is 10.2 Å². The average molecular weight is 492 g/mol. The second-order valence-electron chi connectivity index (χ2n) is 8.79. The summed E-state index contributed by atoms with van der Waals surface area (Å²) < 4.78 is 42.1. The molecule has 1 atom stereocenters. The summed E-state index contributed by atoms with van der Waals surface area (Å²) in [6.07, 6.45) is 5.10. The molecular weight excluding hydrogens is 467 g/mol. The number of fused-ring (bicyclic) bond motifs is 2. The van der Waals surface area contributed by atoms with Gasteiger partial charge in [0.1, 0.15) is 11.6 Å². The normalized spacial score (nSPS) is 18.3. The quantitative estimate of drug-likeness (QED) is 0.446. The largest absolute Gasteiger partial charge is 0.573 e. The number of aliphatic imine (C=N–C) groups is 1. The van der Waals surface area contributed by atoms with Crippen LogP contribution in [-0.4, -0.2) is 28.1 Å². The molecule has 1 aromatic heterocycles. The van der Waals surface area contributed by atoms with Gasteiger partial charge in [-0.15, -0.1) is 13.2 Å². The van der Waals surface area contributed by atoms with E-state index in [-0.39, 0.29) is 17.7 Å². The summed E-state index contributed by atoms with van der Waals surface area (Å²) >= 11 is 0. The van der Waals surface area contributed by atoms with Crippen LogP contribution in [0.15, 0.2) is 95.7 Å². The highest BCUT2D eigenvalue weighted by Gasteiger charge is 2.34. The van der Waals surface area contributed by atoms with Crippen molar-refractivity contribution >= 4 is 22.9 Å². The van der Waals surface area contributed by atoms with E-state index in [4.69, 9.17) is 4.99 Å². The Hall–Kier alpha value is -4.14. The van der Waals surface area contributed by atoms with Gasteiger partial charge in [0.2, 0.25) is 0 Å². The van der Waals surface area contributed by atoms with E-state index in [1.807, 2.05) is 38.1 Å². The van der Waals surface area contributed by atoms with Gasteiger partial charge >= 0.3 is 6.36 Å². The van der Waals surface area contributed by atoms with Crippen molar-refractivity contribution in [3.63, 3.8) is 0 Å². The number of aromatic nitrogens is 2. The van der Waals surface area contributed by atoms with E-state index < -0.39 is 6.36 Å². The summed E-state index contributed by atoms with van der Waals surface area (Å²) in [6, 6.07) is 14.0. The van der Waals surface area contributed by atoms with Crippen molar-refractivity contribution in [3.05, 3.63) is 96.2 Å². The predicted molar refractivity (Wildman–Crippen MR) is 133 cm³/mol. The molecule has 2 aliphatic rings. The van der Waals surface area contributed by atoms with Crippen LogP contribution < -0.4 is 15.0 Å². The number of nitrogens with zero attached hydrogens (tertiary/aromatic N) is 4. The molecule has 0 saturated heterocycles. The molecule has 0 saturated carbocycles. The van der Waals surface area contributed by atoms with Crippen LogP contribution in [0, 0.1) is 5.92 Å². The molecule has 2 aromatic carbocycles. The maximum atomic E-state index is 12.7. The summed E-state index contributed by atoms with van der Waals surface area (Å²) in [5.74, 6) is 0.366. The van der Waals surface area contributed by atoms with Crippen molar-refractivity contribution in [2.24, 2.45) is 10.9 Å². The van der Waals surface area contributed by atoms with Gasteiger partial charge in [-0.2, -0.15) is 0 Å². The monoisotopic (exact) mass is 491 g/mol. The van der Waals surface area contributed by atoms with E-state index in [2.05, 4.69) is 37.1 Å². The van der Waals surface area contributed by atoms with Crippen LogP contribution in [0.5, 0.6) is 5.75 Å². The van der Waals surface area contributed by atoms with Gasteiger partial charge in [0.25, 0.3) is 0 Å². The lowest BCUT2D eigenvalue weighted by Crippen LogP contribution is -2.33. The van der Waals surface area contributed by atoms with Crippen molar-refractivity contribution < 1.29 is 17.9 Å². The summed E-state index contributed by atoms with van der Waals surface area (Å²) in [5.41, 5.74) is 5.44. The lowest BCUT2D eigenvalue weighted by molar-refractivity contribution is -0.274. The van der Waals surface area contributed by atoms with E-state index in [1.54, 1.807) is 30.7 Å². The highest BCUT2D eigenvalue weighted by atomic mass is 19.4. The molecule has 1 N–H and O–H groups in total. The first-order valence-corrected chi connectivity index (χ1v) is 11.6. The summed E-state index contributed by atoms with van der Waals surface area (Å²) in [4.78, 5) is 15.4. The fourth-order valence-electron chi connectivity index (χ4n) is 4.45. The molecule has 5 rings (SSSR count). The van der Waals surface area contributed by atoms with Crippen molar-refractivity contribution in [2.45, 2.75) is 32.7 Å². The second-order valence-corrected chi connectivity index (χ2v) is 8.79. The molecule has 0 spiro atoms. The first kappa shape index (κ1) is 23.6. The summed E-state index contributed by atoms with van der Waals surface area (Å²) in [7, 11) is 0. The highest BCUT2D eigenvalue weighted by molar-refractivity contribution is 6.12. The number of nitrogens with one attached hydrogen (secondary N) is 1. The van der Waals surface area contributed by atoms with Gasteiger partial charge in [-0.05, 0) is 68.3 Å². The maximum absolute atomic E-state index is 12.7. The van der Waals surface area contributed by atoms with E-state index >= 15 is 0 Å². The lowest BCUT2D eigenvalue weighted by atomic mass is 9.84. The number of para-hydroxylation sites is 1. The SMILES string of the molecule is CC(C)N=C1C=C2C(C=C1Nc1cnccn1)Cc1ccccc1N2c1ccc(OC(F)(F)F)cc1. The molecule has 6 nitrogen and oxygen atoms in total. The smallest absolute Gasteiger partial charge is 0.406 e. The third-order valence-electron chi connectivity index (χ3n) is 5.79. The minimum Gasteiger partial charge on any atom is -0.406 e. The zero-order valence-electron chi connectivity index (χ0n) is 19.7. The molecule has 0 amide bonds. The Morgan fingerprint density at radius 2 is 1.86 bits per heavy atom. The Balaban J connectivity index is 1.57. The Bertz CT molecular complexity index is 1330. The van der Waals surface area contributed by atoms with Gasteiger partial charge in [0.05, 0.1) is 17.6 Å². The van der Waals surface area contributed by atoms with Gasteiger partial charge in [-0.25, -0.2) is 4.98 Å². The molecule has 184 valence electrons. The molecule has 9 heteroatoms. The number of halogens is 3. The summed E-state index contributed by atoms with van der Waals surface area (Å²) in [6.45, 7) is 4.01. The van der Waals surface area contributed by atoms with Crippen LogP contribution in [0.3, 0.4) is 0 Å². The molecule has 0 fully saturated rings. The predicted octanol–water partition coefficient (Wildman–Crippen LogP) is 6.43. The van der Waals surface area contributed by atoms with Crippen LogP contribution in [0.4, 0.5) is 30.4 Å². The number of ether oxygens (including phenoxy) is 1.